The van der Waals surface area contributed by atoms with Crippen molar-refractivity contribution in [2.24, 2.45) is 0 Å². The van der Waals surface area contributed by atoms with Crippen molar-refractivity contribution in [1.29, 1.82) is 0 Å². The fourth-order valence-electron chi connectivity index (χ4n) is 2.14. The molecule has 0 bridgehead atoms. The van der Waals surface area contributed by atoms with Gasteiger partial charge in [-0.25, -0.2) is 4.98 Å². The van der Waals surface area contributed by atoms with Crippen LogP contribution in [0.3, 0.4) is 0 Å². The summed E-state index contributed by atoms with van der Waals surface area (Å²) >= 11 is 0. The zero-order chi connectivity index (χ0) is 12.4. The lowest BCUT2D eigenvalue weighted by atomic mass is 10.0. The van der Waals surface area contributed by atoms with Crippen LogP contribution in [0.5, 0.6) is 0 Å². The molecule has 0 saturated carbocycles. The van der Waals surface area contributed by atoms with Gasteiger partial charge in [-0.05, 0) is 39.9 Å². The van der Waals surface area contributed by atoms with E-state index in [0.717, 1.165) is 25.9 Å². The van der Waals surface area contributed by atoms with Crippen LogP contribution in [0.1, 0.15) is 29.3 Å². The Bertz CT molecular complexity index is 394. The molecule has 1 N–H and O–H groups in total. The van der Waals surface area contributed by atoms with Crippen LogP contribution >= 0.6 is 0 Å². The minimum atomic E-state index is -0.0936. The summed E-state index contributed by atoms with van der Waals surface area (Å²) in [6.45, 7) is 3.87. The number of carbonyl (C=O) groups is 1. The van der Waals surface area contributed by atoms with Crippen LogP contribution in [0.15, 0.2) is 0 Å². The minimum Gasteiger partial charge on any atom is -0.336 e. The number of H-pyrrole nitrogens is 1. The molecule has 1 aromatic rings. The molecule has 1 amide bonds. The Morgan fingerprint density at radius 3 is 2.65 bits per heavy atom. The second-order valence-electron chi connectivity index (χ2n) is 4.69. The smallest absolute Gasteiger partial charge is 0.293 e. The van der Waals surface area contributed by atoms with Gasteiger partial charge in [-0.2, -0.15) is 0 Å². The molecule has 2 rings (SSSR count). The van der Waals surface area contributed by atoms with E-state index in [1.54, 1.807) is 11.8 Å². The molecule has 1 aliphatic heterocycles. The lowest BCUT2D eigenvalue weighted by Gasteiger charge is -2.34. The fraction of sp³-hybridized carbons (Fsp3) is 0.727. The van der Waals surface area contributed by atoms with Crippen molar-refractivity contribution in [2.45, 2.75) is 25.8 Å². The maximum absolute atomic E-state index is 12.1. The lowest BCUT2D eigenvalue weighted by molar-refractivity contribution is 0.0648. The molecule has 6 nitrogen and oxygen atoms in total. The van der Waals surface area contributed by atoms with E-state index in [0.29, 0.717) is 11.9 Å². The summed E-state index contributed by atoms with van der Waals surface area (Å²) in [7, 11) is 3.95. The third kappa shape index (κ3) is 2.63. The summed E-state index contributed by atoms with van der Waals surface area (Å²) < 4.78 is 0. The second-order valence-corrected chi connectivity index (χ2v) is 4.69. The standard InChI is InChI=1S/C11H19N5O/c1-8-12-10(14-13-8)11(17)16(3)9-4-6-15(2)7-5-9/h9H,4-7H2,1-3H3,(H,12,13,14). The largest absolute Gasteiger partial charge is 0.336 e. The first-order valence-corrected chi connectivity index (χ1v) is 5.92. The summed E-state index contributed by atoms with van der Waals surface area (Å²) in [6, 6.07) is 0.303. The normalized spacial score (nSPS) is 18.3. The molecule has 1 aliphatic rings. The number of aromatic amines is 1. The maximum Gasteiger partial charge on any atom is 0.293 e. The Balaban J connectivity index is 2.00. The highest BCUT2D eigenvalue weighted by Crippen LogP contribution is 2.15. The number of aryl methyl sites for hydroxylation is 1. The molecule has 94 valence electrons. The maximum atomic E-state index is 12.1. The Morgan fingerprint density at radius 2 is 2.12 bits per heavy atom. The second kappa shape index (κ2) is 4.83. The first-order valence-electron chi connectivity index (χ1n) is 5.92. The number of hydrogen-bond acceptors (Lipinski definition) is 4. The van der Waals surface area contributed by atoms with Gasteiger partial charge in [-0.3, -0.25) is 9.89 Å². The molecule has 0 unspecified atom stereocenters. The molecule has 0 aliphatic carbocycles. The van der Waals surface area contributed by atoms with Gasteiger partial charge < -0.3 is 9.80 Å². The molecule has 1 aromatic heterocycles. The van der Waals surface area contributed by atoms with E-state index in [1.165, 1.54) is 0 Å². The molecule has 17 heavy (non-hydrogen) atoms. The summed E-state index contributed by atoms with van der Waals surface area (Å²) in [4.78, 5) is 20.2. The number of likely N-dealkylation sites (tertiary alicyclic amines) is 1. The number of amides is 1. The molecule has 1 fully saturated rings. The van der Waals surface area contributed by atoms with Gasteiger partial charge >= 0.3 is 0 Å². The van der Waals surface area contributed by atoms with E-state index in [9.17, 15) is 4.79 Å². The van der Waals surface area contributed by atoms with Crippen molar-refractivity contribution in [2.75, 3.05) is 27.2 Å². The fourth-order valence-corrected chi connectivity index (χ4v) is 2.14. The molecule has 2 heterocycles. The minimum absolute atomic E-state index is 0.0936. The van der Waals surface area contributed by atoms with Crippen LogP contribution in [0.25, 0.3) is 0 Å². The van der Waals surface area contributed by atoms with Crippen molar-refractivity contribution in [3.8, 4) is 0 Å². The molecular formula is C11H19N5O. The molecule has 1 saturated heterocycles. The molecule has 0 radical (unpaired) electrons. The number of piperidine rings is 1. The van der Waals surface area contributed by atoms with Gasteiger partial charge in [-0.1, -0.05) is 0 Å². The highest BCUT2D eigenvalue weighted by Gasteiger charge is 2.26. The highest BCUT2D eigenvalue weighted by molar-refractivity contribution is 5.90. The Kier molecular flexibility index (Phi) is 3.42. The van der Waals surface area contributed by atoms with Gasteiger partial charge in [0.1, 0.15) is 5.82 Å². The van der Waals surface area contributed by atoms with Gasteiger partial charge in [0.25, 0.3) is 5.91 Å². The molecule has 6 heteroatoms. The highest BCUT2D eigenvalue weighted by atomic mass is 16.2. The summed E-state index contributed by atoms with van der Waals surface area (Å²) in [5.74, 6) is 0.845. The van der Waals surface area contributed by atoms with Crippen LogP contribution in [-0.2, 0) is 0 Å². The van der Waals surface area contributed by atoms with Crippen molar-refractivity contribution in [3.05, 3.63) is 11.6 Å². The third-order valence-electron chi connectivity index (χ3n) is 3.34. The van der Waals surface area contributed by atoms with Crippen LogP contribution in [0, 0.1) is 6.92 Å². The van der Waals surface area contributed by atoms with Crippen molar-refractivity contribution in [3.63, 3.8) is 0 Å². The van der Waals surface area contributed by atoms with Crippen molar-refractivity contribution < 1.29 is 4.79 Å². The van der Waals surface area contributed by atoms with E-state index in [4.69, 9.17) is 0 Å². The van der Waals surface area contributed by atoms with Gasteiger partial charge in [0, 0.05) is 13.1 Å². The van der Waals surface area contributed by atoms with Crippen molar-refractivity contribution >= 4 is 5.91 Å². The Morgan fingerprint density at radius 1 is 1.47 bits per heavy atom. The van der Waals surface area contributed by atoms with E-state index in [2.05, 4.69) is 27.1 Å². The summed E-state index contributed by atoms with van der Waals surface area (Å²) in [6.07, 6.45) is 2.03. The number of nitrogens with one attached hydrogen (secondary N) is 1. The van der Waals surface area contributed by atoms with Crippen LogP contribution in [-0.4, -0.2) is 64.1 Å². The number of aromatic nitrogens is 3. The van der Waals surface area contributed by atoms with Crippen LogP contribution in [0.4, 0.5) is 0 Å². The summed E-state index contributed by atoms with van der Waals surface area (Å²) in [5.41, 5.74) is 0. The molecule has 0 atom stereocenters. The van der Waals surface area contributed by atoms with Gasteiger partial charge in [0.15, 0.2) is 0 Å². The number of nitrogens with zero attached hydrogens (tertiary/aromatic N) is 4. The monoisotopic (exact) mass is 237 g/mol. The first kappa shape index (κ1) is 12.0. The first-order chi connectivity index (χ1) is 8.08. The third-order valence-corrected chi connectivity index (χ3v) is 3.34. The summed E-state index contributed by atoms with van der Waals surface area (Å²) in [5, 5.41) is 6.61. The SMILES string of the molecule is Cc1nc(C(=O)N(C)C2CCN(C)CC2)n[nH]1. The van der Waals surface area contributed by atoms with E-state index < -0.39 is 0 Å². The Hall–Kier alpha value is -1.43. The zero-order valence-corrected chi connectivity index (χ0v) is 10.6. The van der Waals surface area contributed by atoms with Gasteiger partial charge in [0.2, 0.25) is 5.82 Å². The average molecular weight is 237 g/mol. The van der Waals surface area contributed by atoms with Crippen molar-refractivity contribution in [1.82, 2.24) is 25.0 Å². The number of rotatable bonds is 2. The number of hydrogen-bond donors (Lipinski definition) is 1. The quantitative estimate of drug-likeness (QED) is 0.802. The Labute approximate surface area is 101 Å². The van der Waals surface area contributed by atoms with E-state index >= 15 is 0 Å². The molecular weight excluding hydrogens is 218 g/mol. The van der Waals surface area contributed by atoms with Gasteiger partial charge in [0.05, 0.1) is 0 Å². The topological polar surface area (TPSA) is 65.1 Å². The average Bonchev–Trinajstić information content (AvgIpc) is 2.75. The zero-order valence-electron chi connectivity index (χ0n) is 10.6. The lowest BCUT2D eigenvalue weighted by Crippen LogP contribution is -2.44. The predicted octanol–water partition coefficient (Wildman–Crippen LogP) is 0.279. The molecule has 0 spiro atoms. The number of carbonyl (C=O) groups excluding carboxylic acids is 1. The van der Waals surface area contributed by atoms with Gasteiger partial charge in [-0.15, -0.1) is 5.10 Å². The van der Waals surface area contributed by atoms with E-state index in [-0.39, 0.29) is 11.7 Å². The predicted molar refractivity (Wildman–Crippen MR) is 63.7 cm³/mol. The van der Waals surface area contributed by atoms with Crippen LogP contribution in [0.2, 0.25) is 0 Å². The van der Waals surface area contributed by atoms with Crippen LogP contribution < -0.4 is 0 Å². The molecule has 0 aromatic carbocycles. The van der Waals surface area contributed by atoms with E-state index in [1.807, 2.05) is 7.05 Å².